The molecule has 1 aliphatic carbocycles. The fourth-order valence-electron chi connectivity index (χ4n) is 2.96. The lowest BCUT2D eigenvalue weighted by Gasteiger charge is -2.22. The van der Waals surface area contributed by atoms with Gasteiger partial charge < -0.3 is 9.72 Å². The summed E-state index contributed by atoms with van der Waals surface area (Å²) in [6, 6.07) is 10.1. The number of rotatable bonds is 3. The van der Waals surface area contributed by atoms with Crippen LogP contribution in [0.25, 0.3) is 11.0 Å². The first-order chi connectivity index (χ1) is 10.8. The van der Waals surface area contributed by atoms with Crippen molar-refractivity contribution in [1.29, 1.82) is 0 Å². The number of pyridine rings is 1. The largest absolute Gasteiger partial charge is 0.497 e. The van der Waals surface area contributed by atoms with Crippen LogP contribution in [0.1, 0.15) is 29.3 Å². The third kappa shape index (κ3) is 2.46. The van der Waals surface area contributed by atoms with Crippen LogP contribution in [0, 0.1) is 0 Å². The van der Waals surface area contributed by atoms with E-state index >= 15 is 0 Å². The number of aromatic amines is 1. The summed E-state index contributed by atoms with van der Waals surface area (Å²) < 4.78 is 5.26. The topological polar surface area (TPSA) is 50.8 Å². The minimum absolute atomic E-state index is 0.382. The van der Waals surface area contributed by atoms with Gasteiger partial charge in [0.05, 0.1) is 29.1 Å². The van der Waals surface area contributed by atoms with Crippen LogP contribution in [0.15, 0.2) is 41.7 Å². The van der Waals surface area contributed by atoms with Crippen LogP contribution in [0.5, 0.6) is 5.75 Å². The van der Waals surface area contributed by atoms with Gasteiger partial charge in [0.25, 0.3) is 0 Å². The first-order valence-corrected chi connectivity index (χ1v) is 8.35. The van der Waals surface area contributed by atoms with Gasteiger partial charge in [-0.1, -0.05) is 17.8 Å². The van der Waals surface area contributed by atoms with Crippen LogP contribution in [-0.2, 0) is 6.42 Å². The van der Waals surface area contributed by atoms with Gasteiger partial charge >= 0.3 is 0 Å². The third-order valence-corrected chi connectivity index (χ3v) is 5.22. The Balaban J connectivity index is 1.64. The molecule has 1 unspecified atom stereocenters. The number of thioether (sulfide) groups is 1. The minimum atomic E-state index is 0.382. The molecule has 4 rings (SSSR count). The number of fused-ring (bicyclic) bond motifs is 2. The number of aryl methyl sites for hydroxylation is 1. The van der Waals surface area contributed by atoms with Crippen LogP contribution >= 0.6 is 11.8 Å². The molecule has 0 amide bonds. The Morgan fingerprint density at radius 3 is 3.18 bits per heavy atom. The number of methoxy groups -OCH3 is 1. The van der Waals surface area contributed by atoms with Gasteiger partial charge in [0.15, 0.2) is 5.16 Å². The van der Waals surface area contributed by atoms with Gasteiger partial charge in [-0.3, -0.25) is 4.98 Å². The Hall–Kier alpha value is -2.01. The summed E-state index contributed by atoms with van der Waals surface area (Å²) in [5, 5.41) is 1.33. The van der Waals surface area contributed by atoms with E-state index in [1.165, 1.54) is 17.7 Å². The summed E-state index contributed by atoms with van der Waals surface area (Å²) in [6.07, 6.45) is 5.39. The number of benzene rings is 1. The summed E-state index contributed by atoms with van der Waals surface area (Å²) in [4.78, 5) is 12.7. The van der Waals surface area contributed by atoms with Gasteiger partial charge in [-0.05, 0) is 43.0 Å². The molecule has 1 atom stereocenters. The van der Waals surface area contributed by atoms with Crippen molar-refractivity contribution in [1.82, 2.24) is 15.0 Å². The standard InChI is InChI=1S/C17H17N3OS/c1-21-12-7-8-13-14(10-12)20-17(19-13)22-15-6-2-4-11-5-3-9-18-16(11)15/h3,5,7-10,15H,2,4,6H2,1H3,(H,19,20). The lowest BCUT2D eigenvalue weighted by molar-refractivity contribution is 0.415. The van der Waals surface area contributed by atoms with Gasteiger partial charge in [-0.25, -0.2) is 4.98 Å². The summed E-state index contributed by atoms with van der Waals surface area (Å²) in [5.41, 5.74) is 4.58. The van der Waals surface area contributed by atoms with Gasteiger partial charge in [-0.2, -0.15) is 0 Å². The number of nitrogens with zero attached hydrogens (tertiary/aromatic N) is 2. The highest BCUT2D eigenvalue weighted by Gasteiger charge is 2.23. The molecule has 2 heterocycles. The SMILES string of the molecule is COc1ccc2nc(SC3CCCc4cccnc43)[nH]c2c1. The van der Waals surface area contributed by atoms with E-state index in [9.17, 15) is 0 Å². The highest BCUT2D eigenvalue weighted by molar-refractivity contribution is 7.99. The zero-order valence-electron chi connectivity index (χ0n) is 12.4. The first-order valence-electron chi connectivity index (χ1n) is 7.48. The van der Waals surface area contributed by atoms with Crippen LogP contribution in [0.2, 0.25) is 0 Å². The Labute approximate surface area is 133 Å². The van der Waals surface area contributed by atoms with Crippen LogP contribution in [0.3, 0.4) is 0 Å². The Bertz CT molecular complexity index is 815. The van der Waals surface area contributed by atoms with Crippen molar-refractivity contribution < 1.29 is 4.74 Å². The fourth-order valence-corrected chi connectivity index (χ4v) is 4.16. The summed E-state index contributed by atoms with van der Waals surface area (Å²) in [5.74, 6) is 0.845. The van der Waals surface area contributed by atoms with Crippen LogP contribution < -0.4 is 4.74 Å². The molecule has 0 saturated carbocycles. The Morgan fingerprint density at radius 1 is 1.32 bits per heavy atom. The van der Waals surface area contributed by atoms with E-state index in [0.717, 1.165) is 34.8 Å². The molecule has 0 fully saturated rings. The van der Waals surface area contributed by atoms with Crippen molar-refractivity contribution in [3.8, 4) is 5.75 Å². The Morgan fingerprint density at radius 2 is 2.27 bits per heavy atom. The van der Waals surface area contributed by atoms with Crippen molar-refractivity contribution >= 4 is 22.8 Å². The lowest BCUT2D eigenvalue weighted by Crippen LogP contribution is -2.09. The average Bonchev–Trinajstić information content (AvgIpc) is 2.96. The fraction of sp³-hybridized carbons (Fsp3) is 0.294. The number of hydrogen-bond donors (Lipinski definition) is 1. The smallest absolute Gasteiger partial charge is 0.167 e. The number of imidazole rings is 1. The maximum atomic E-state index is 5.26. The normalized spacial score (nSPS) is 17.4. The molecule has 1 aliphatic rings. The molecule has 112 valence electrons. The second-order valence-corrected chi connectivity index (χ2v) is 6.66. The predicted molar refractivity (Wildman–Crippen MR) is 88.4 cm³/mol. The molecule has 4 nitrogen and oxygen atoms in total. The lowest BCUT2D eigenvalue weighted by atomic mass is 9.96. The highest BCUT2D eigenvalue weighted by atomic mass is 32.2. The summed E-state index contributed by atoms with van der Waals surface area (Å²) >= 11 is 1.78. The van der Waals surface area contributed by atoms with Gasteiger partial charge in [0.2, 0.25) is 0 Å². The molecule has 0 radical (unpaired) electrons. The van der Waals surface area contributed by atoms with Crippen molar-refractivity contribution in [3.05, 3.63) is 47.8 Å². The van der Waals surface area contributed by atoms with Crippen molar-refractivity contribution in [2.24, 2.45) is 0 Å². The van der Waals surface area contributed by atoms with E-state index in [0.29, 0.717) is 5.25 Å². The van der Waals surface area contributed by atoms with E-state index in [-0.39, 0.29) is 0 Å². The molecule has 1 aromatic carbocycles. The minimum Gasteiger partial charge on any atom is -0.497 e. The van der Waals surface area contributed by atoms with Crippen molar-refractivity contribution in [2.45, 2.75) is 29.7 Å². The number of H-pyrrole nitrogens is 1. The summed E-state index contributed by atoms with van der Waals surface area (Å²) in [7, 11) is 1.68. The number of nitrogens with one attached hydrogen (secondary N) is 1. The van der Waals surface area contributed by atoms with E-state index in [2.05, 4.69) is 21.0 Å². The highest BCUT2D eigenvalue weighted by Crippen LogP contribution is 2.41. The molecular formula is C17H17N3OS. The van der Waals surface area contributed by atoms with E-state index in [1.54, 1.807) is 18.9 Å². The first kappa shape index (κ1) is 13.6. The van der Waals surface area contributed by atoms with Crippen molar-refractivity contribution in [3.63, 3.8) is 0 Å². The van der Waals surface area contributed by atoms with E-state index in [4.69, 9.17) is 4.74 Å². The second kappa shape index (κ2) is 5.65. The van der Waals surface area contributed by atoms with Gasteiger partial charge in [0.1, 0.15) is 5.75 Å². The second-order valence-electron chi connectivity index (χ2n) is 5.47. The van der Waals surface area contributed by atoms with Crippen LogP contribution in [-0.4, -0.2) is 22.1 Å². The predicted octanol–water partition coefficient (Wildman–Crippen LogP) is 4.14. The number of ether oxygens (including phenoxy) is 1. The molecule has 0 aliphatic heterocycles. The van der Waals surface area contributed by atoms with Crippen molar-refractivity contribution in [2.75, 3.05) is 7.11 Å². The number of aromatic nitrogens is 3. The summed E-state index contributed by atoms with van der Waals surface area (Å²) in [6.45, 7) is 0. The molecule has 0 saturated heterocycles. The molecule has 3 aromatic rings. The molecule has 0 spiro atoms. The van der Waals surface area contributed by atoms with E-state index in [1.807, 2.05) is 30.5 Å². The number of hydrogen-bond acceptors (Lipinski definition) is 4. The van der Waals surface area contributed by atoms with Gasteiger partial charge in [0, 0.05) is 12.3 Å². The van der Waals surface area contributed by atoms with Gasteiger partial charge in [-0.15, -0.1) is 0 Å². The average molecular weight is 311 g/mol. The quantitative estimate of drug-likeness (QED) is 0.790. The van der Waals surface area contributed by atoms with Crippen LogP contribution in [0.4, 0.5) is 0 Å². The zero-order chi connectivity index (χ0) is 14.9. The third-order valence-electron chi connectivity index (χ3n) is 4.06. The maximum absolute atomic E-state index is 5.26. The molecule has 1 N–H and O–H groups in total. The molecule has 0 bridgehead atoms. The molecule has 2 aromatic heterocycles. The van der Waals surface area contributed by atoms with E-state index < -0.39 is 0 Å². The zero-order valence-corrected chi connectivity index (χ0v) is 13.2. The molecular weight excluding hydrogens is 294 g/mol. The maximum Gasteiger partial charge on any atom is 0.167 e. The molecule has 22 heavy (non-hydrogen) atoms. The monoisotopic (exact) mass is 311 g/mol. The molecule has 5 heteroatoms. The Kier molecular flexibility index (Phi) is 3.50.